The number of hydrogen-bond donors (Lipinski definition) is 1. The zero-order chi connectivity index (χ0) is 19.8. The maximum atomic E-state index is 14.6. The summed E-state index contributed by atoms with van der Waals surface area (Å²) in [6.45, 7) is 5.00. The van der Waals surface area contributed by atoms with Crippen molar-refractivity contribution in [2.45, 2.75) is 39.0 Å². The van der Waals surface area contributed by atoms with Crippen molar-refractivity contribution < 1.29 is 18.3 Å². The standard InChI is InChI=1S/C19H21F2N3O3/c1-11(2)15-12(3)19(20,21)17(27-15)24-10-9-14(23-18(24)26)22-16(25)13-7-5-4-6-8-13/h4-12,15,17H,1-3H3,(H,22,23,25,26)/t12-,15-,17-/m1/s1. The van der Waals surface area contributed by atoms with Gasteiger partial charge in [-0.05, 0) is 24.1 Å². The van der Waals surface area contributed by atoms with Crippen LogP contribution in [0.15, 0.2) is 47.4 Å². The molecule has 0 aliphatic carbocycles. The number of anilines is 1. The molecule has 0 radical (unpaired) electrons. The van der Waals surface area contributed by atoms with Crippen LogP contribution in [0, 0.1) is 11.8 Å². The molecule has 1 fully saturated rings. The third-order valence-corrected chi connectivity index (χ3v) is 4.73. The van der Waals surface area contributed by atoms with E-state index < -0.39 is 35.8 Å². The summed E-state index contributed by atoms with van der Waals surface area (Å²) in [6, 6.07) is 9.69. The van der Waals surface area contributed by atoms with Crippen LogP contribution in [0.5, 0.6) is 0 Å². The fraction of sp³-hybridized carbons (Fsp3) is 0.421. The van der Waals surface area contributed by atoms with Gasteiger partial charge in [-0.2, -0.15) is 4.98 Å². The van der Waals surface area contributed by atoms with E-state index in [9.17, 15) is 18.4 Å². The molecule has 1 aliphatic rings. The molecule has 3 rings (SSSR count). The average molecular weight is 377 g/mol. The monoisotopic (exact) mass is 377 g/mol. The van der Waals surface area contributed by atoms with Gasteiger partial charge in [-0.25, -0.2) is 13.6 Å². The van der Waals surface area contributed by atoms with Gasteiger partial charge in [0, 0.05) is 11.8 Å². The highest BCUT2D eigenvalue weighted by molar-refractivity contribution is 6.03. The smallest absolute Gasteiger partial charge is 0.348 e. The Labute approximate surface area is 155 Å². The van der Waals surface area contributed by atoms with Crippen LogP contribution in [0.1, 0.15) is 37.4 Å². The van der Waals surface area contributed by atoms with Crippen LogP contribution in [0.25, 0.3) is 0 Å². The number of aromatic nitrogens is 2. The van der Waals surface area contributed by atoms with E-state index in [1.165, 1.54) is 19.2 Å². The maximum absolute atomic E-state index is 14.6. The van der Waals surface area contributed by atoms with Crippen molar-refractivity contribution in [2.24, 2.45) is 11.8 Å². The van der Waals surface area contributed by atoms with Gasteiger partial charge in [0.05, 0.1) is 12.0 Å². The summed E-state index contributed by atoms with van der Waals surface area (Å²) in [5.74, 6) is -4.83. The Balaban J connectivity index is 1.83. The topological polar surface area (TPSA) is 73.2 Å². The molecule has 2 aromatic rings. The lowest BCUT2D eigenvalue weighted by atomic mass is 9.92. The van der Waals surface area contributed by atoms with E-state index in [0.717, 1.165) is 4.57 Å². The van der Waals surface area contributed by atoms with Crippen molar-refractivity contribution >= 4 is 11.7 Å². The number of carbonyl (C=O) groups excluding carboxylic acids is 1. The fourth-order valence-corrected chi connectivity index (χ4v) is 3.23. The first-order chi connectivity index (χ1) is 12.7. The van der Waals surface area contributed by atoms with Gasteiger partial charge >= 0.3 is 5.69 Å². The third-order valence-electron chi connectivity index (χ3n) is 4.73. The first kappa shape index (κ1) is 19.2. The summed E-state index contributed by atoms with van der Waals surface area (Å²) in [5, 5.41) is 2.48. The van der Waals surface area contributed by atoms with Gasteiger partial charge in [0.25, 0.3) is 11.8 Å². The Morgan fingerprint density at radius 2 is 1.93 bits per heavy atom. The molecule has 1 aromatic heterocycles. The minimum atomic E-state index is -3.21. The number of benzene rings is 1. The second kappa shape index (κ2) is 7.19. The van der Waals surface area contributed by atoms with Crippen molar-refractivity contribution in [2.75, 3.05) is 5.32 Å². The zero-order valence-electron chi connectivity index (χ0n) is 15.2. The summed E-state index contributed by atoms with van der Waals surface area (Å²) in [7, 11) is 0. The van der Waals surface area contributed by atoms with E-state index >= 15 is 0 Å². The Morgan fingerprint density at radius 1 is 1.26 bits per heavy atom. The number of carbonyl (C=O) groups is 1. The van der Waals surface area contributed by atoms with Crippen LogP contribution in [0.2, 0.25) is 0 Å². The molecule has 2 heterocycles. The Kier molecular flexibility index (Phi) is 5.10. The molecule has 0 bridgehead atoms. The van der Waals surface area contributed by atoms with Crippen molar-refractivity contribution in [3.63, 3.8) is 0 Å². The first-order valence-corrected chi connectivity index (χ1v) is 8.70. The van der Waals surface area contributed by atoms with E-state index in [1.807, 2.05) is 0 Å². The number of amides is 1. The third kappa shape index (κ3) is 3.62. The number of nitrogens with one attached hydrogen (secondary N) is 1. The molecule has 1 aromatic carbocycles. The first-order valence-electron chi connectivity index (χ1n) is 8.70. The molecule has 144 valence electrons. The quantitative estimate of drug-likeness (QED) is 0.887. The zero-order valence-corrected chi connectivity index (χ0v) is 15.2. The molecule has 1 amide bonds. The number of alkyl halides is 2. The summed E-state index contributed by atoms with van der Waals surface area (Å²) in [5.41, 5.74) is -0.523. The Morgan fingerprint density at radius 3 is 2.48 bits per heavy atom. The van der Waals surface area contributed by atoms with E-state index in [2.05, 4.69) is 10.3 Å². The summed E-state index contributed by atoms with van der Waals surface area (Å²) in [4.78, 5) is 28.1. The fourth-order valence-electron chi connectivity index (χ4n) is 3.23. The number of halogens is 2. The molecule has 1 aliphatic heterocycles. The Hall–Kier alpha value is -2.61. The second-order valence-electron chi connectivity index (χ2n) is 6.98. The number of rotatable bonds is 4. The number of nitrogens with zero attached hydrogens (tertiary/aromatic N) is 2. The van der Waals surface area contributed by atoms with Crippen LogP contribution >= 0.6 is 0 Å². The SMILES string of the molecule is CC(C)[C@H]1O[C@@H](n2ccc(NC(=O)c3ccccc3)nc2=O)C(F)(F)[C@@H]1C. The predicted octanol–water partition coefficient (Wildman–Crippen LogP) is 3.32. The van der Waals surface area contributed by atoms with Gasteiger partial charge in [-0.1, -0.05) is 39.0 Å². The largest absolute Gasteiger partial charge is 0.351 e. The van der Waals surface area contributed by atoms with Gasteiger partial charge < -0.3 is 10.1 Å². The van der Waals surface area contributed by atoms with Gasteiger partial charge in [-0.3, -0.25) is 9.36 Å². The van der Waals surface area contributed by atoms with Crippen molar-refractivity contribution in [1.29, 1.82) is 0 Å². The molecule has 0 unspecified atom stereocenters. The van der Waals surface area contributed by atoms with Crippen LogP contribution in [-0.2, 0) is 4.74 Å². The van der Waals surface area contributed by atoms with Crippen molar-refractivity contribution in [3.05, 3.63) is 58.6 Å². The van der Waals surface area contributed by atoms with Crippen molar-refractivity contribution in [3.8, 4) is 0 Å². The van der Waals surface area contributed by atoms with Crippen LogP contribution in [0.3, 0.4) is 0 Å². The minimum absolute atomic E-state index is 0.0140. The molecular weight excluding hydrogens is 356 g/mol. The summed E-state index contributed by atoms with van der Waals surface area (Å²) < 4.78 is 35.5. The molecule has 3 atom stereocenters. The average Bonchev–Trinajstić information content (AvgIpc) is 2.86. The highest BCUT2D eigenvalue weighted by atomic mass is 19.3. The molecule has 27 heavy (non-hydrogen) atoms. The number of ether oxygens (including phenoxy) is 1. The highest BCUT2D eigenvalue weighted by Crippen LogP contribution is 2.48. The Bertz CT molecular complexity index is 883. The minimum Gasteiger partial charge on any atom is -0.348 e. The van der Waals surface area contributed by atoms with E-state index in [1.54, 1.807) is 44.2 Å². The van der Waals surface area contributed by atoms with E-state index in [-0.39, 0.29) is 11.7 Å². The molecule has 0 saturated carbocycles. The summed E-state index contributed by atoms with van der Waals surface area (Å²) in [6.07, 6.45) is -1.22. The van der Waals surface area contributed by atoms with Crippen molar-refractivity contribution in [1.82, 2.24) is 9.55 Å². The molecule has 1 saturated heterocycles. The number of hydrogen-bond acceptors (Lipinski definition) is 4. The highest BCUT2D eigenvalue weighted by Gasteiger charge is 2.58. The maximum Gasteiger partial charge on any atom is 0.351 e. The van der Waals surface area contributed by atoms with Gasteiger partial charge in [0.2, 0.25) is 6.23 Å². The molecule has 0 spiro atoms. The molecule has 1 N–H and O–H groups in total. The lowest BCUT2D eigenvalue weighted by Crippen LogP contribution is -2.38. The van der Waals surface area contributed by atoms with Crippen LogP contribution in [-0.4, -0.2) is 27.5 Å². The van der Waals surface area contributed by atoms with Gasteiger partial charge in [0.15, 0.2) is 0 Å². The lowest BCUT2D eigenvalue weighted by molar-refractivity contribution is -0.127. The molecule has 8 heteroatoms. The summed E-state index contributed by atoms with van der Waals surface area (Å²) >= 11 is 0. The van der Waals surface area contributed by atoms with Gasteiger partial charge in [-0.15, -0.1) is 0 Å². The molecular formula is C19H21F2N3O3. The molecule has 6 nitrogen and oxygen atoms in total. The second-order valence-corrected chi connectivity index (χ2v) is 6.98. The normalized spacial score (nSPS) is 24.1. The predicted molar refractivity (Wildman–Crippen MR) is 95.8 cm³/mol. The van der Waals surface area contributed by atoms with Crippen LogP contribution < -0.4 is 11.0 Å². The van der Waals surface area contributed by atoms with Gasteiger partial charge in [0.1, 0.15) is 5.82 Å². The van der Waals surface area contributed by atoms with E-state index in [0.29, 0.717) is 5.56 Å². The van der Waals surface area contributed by atoms with E-state index in [4.69, 9.17) is 4.74 Å². The lowest BCUT2D eigenvalue weighted by Gasteiger charge is -2.22. The van der Waals surface area contributed by atoms with Crippen LogP contribution in [0.4, 0.5) is 14.6 Å².